The second-order valence-electron chi connectivity index (χ2n) is 2.33. The van der Waals surface area contributed by atoms with Gasteiger partial charge < -0.3 is 0 Å². The SMILES string of the molecule is CC(S)C(C)(C)S. The zero-order valence-corrected chi connectivity index (χ0v) is 6.76. The van der Waals surface area contributed by atoms with Gasteiger partial charge in [0, 0.05) is 10.00 Å². The van der Waals surface area contributed by atoms with Gasteiger partial charge in [0.25, 0.3) is 0 Å². The Morgan fingerprint density at radius 1 is 1.43 bits per heavy atom. The summed E-state index contributed by atoms with van der Waals surface area (Å²) in [5, 5.41) is 0.357. The van der Waals surface area contributed by atoms with Crippen LogP contribution in [0.3, 0.4) is 0 Å². The van der Waals surface area contributed by atoms with Gasteiger partial charge in [0.05, 0.1) is 0 Å². The van der Waals surface area contributed by atoms with Gasteiger partial charge in [0.1, 0.15) is 0 Å². The Hall–Kier alpha value is 0.700. The molecule has 0 bridgehead atoms. The maximum atomic E-state index is 4.27. The summed E-state index contributed by atoms with van der Waals surface area (Å²) in [7, 11) is 0. The first-order chi connectivity index (χ1) is 2.94. The van der Waals surface area contributed by atoms with Crippen molar-refractivity contribution in [3.8, 4) is 0 Å². The van der Waals surface area contributed by atoms with E-state index in [0.29, 0.717) is 5.25 Å². The smallest absolute Gasteiger partial charge is 0.0187 e. The third-order valence-corrected chi connectivity index (χ3v) is 2.26. The third-order valence-electron chi connectivity index (χ3n) is 1.02. The second kappa shape index (κ2) is 2.31. The molecule has 0 saturated heterocycles. The van der Waals surface area contributed by atoms with E-state index in [2.05, 4.69) is 25.3 Å². The van der Waals surface area contributed by atoms with Gasteiger partial charge in [-0.05, 0) is 13.8 Å². The van der Waals surface area contributed by atoms with E-state index < -0.39 is 0 Å². The molecule has 0 saturated carbocycles. The Balaban J connectivity index is 3.54. The molecule has 44 valence electrons. The quantitative estimate of drug-likeness (QED) is 0.506. The highest BCUT2D eigenvalue weighted by Gasteiger charge is 2.16. The molecule has 0 aromatic heterocycles. The van der Waals surface area contributed by atoms with Crippen LogP contribution in [0.15, 0.2) is 0 Å². The summed E-state index contributed by atoms with van der Waals surface area (Å²) >= 11 is 8.48. The lowest BCUT2D eigenvalue weighted by atomic mass is 10.1. The molecule has 0 rings (SSSR count). The molecule has 0 aliphatic carbocycles. The molecule has 0 aromatic rings. The lowest BCUT2D eigenvalue weighted by molar-refractivity contribution is 0.712. The number of hydrogen-bond acceptors (Lipinski definition) is 2. The number of thiol groups is 2. The molecule has 0 fully saturated rings. The van der Waals surface area contributed by atoms with Crippen molar-refractivity contribution in [2.24, 2.45) is 0 Å². The second-order valence-corrected chi connectivity index (χ2v) is 4.26. The van der Waals surface area contributed by atoms with E-state index in [0.717, 1.165) is 0 Å². The average Bonchev–Trinajstić information content (AvgIpc) is 1.31. The van der Waals surface area contributed by atoms with Crippen LogP contribution in [0, 0.1) is 0 Å². The monoisotopic (exact) mass is 136 g/mol. The van der Waals surface area contributed by atoms with Crippen LogP contribution in [-0.2, 0) is 0 Å². The van der Waals surface area contributed by atoms with Crippen molar-refractivity contribution in [1.82, 2.24) is 0 Å². The molecule has 0 aliphatic rings. The fourth-order valence-corrected chi connectivity index (χ4v) is 0. The molecule has 7 heavy (non-hydrogen) atoms. The highest BCUT2D eigenvalue weighted by molar-refractivity contribution is 7.85. The summed E-state index contributed by atoms with van der Waals surface area (Å²) in [5.41, 5.74) is 0. The molecule has 2 heteroatoms. The Kier molecular flexibility index (Phi) is 2.54. The van der Waals surface area contributed by atoms with Gasteiger partial charge in [0.15, 0.2) is 0 Å². The molecule has 0 aromatic carbocycles. The predicted octanol–water partition coefficient (Wildman–Crippen LogP) is 2.01. The van der Waals surface area contributed by atoms with Crippen molar-refractivity contribution < 1.29 is 0 Å². The fraction of sp³-hybridized carbons (Fsp3) is 1.00. The van der Waals surface area contributed by atoms with Gasteiger partial charge >= 0.3 is 0 Å². The van der Waals surface area contributed by atoms with Crippen LogP contribution >= 0.6 is 25.3 Å². The van der Waals surface area contributed by atoms with Crippen LogP contribution < -0.4 is 0 Å². The highest BCUT2D eigenvalue weighted by Crippen LogP contribution is 2.20. The summed E-state index contributed by atoms with van der Waals surface area (Å²) in [5.74, 6) is 0. The molecule has 0 amide bonds. The van der Waals surface area contributed by atoms with E-state index in [-0.39, 0.29) is 4.75 Å². The molecule has 1 atom stereocenters. The van der Waals surface area contributed by atoms with E-state index in [4.69, 9.17) is 0 Å². The first-order valence-electron chi connectivity index (χ1n) is 2.35. The van der Waals surface area contributed by atoms with Crippen molar-refractivity contribution >= 4 is 25.3 Å². The molecule has 1 unspecified atom stereocenters. The Bertz CT molecular complexity index is 51.6. The molecule has 0 aliphatic heterocycles. The van der Waals surface area contributed by atoms with Crippen molar-refractivity contribution in [3.05, 3.63) is 0 Å². The van der Waals surface area contributed by atoms with E-state index >= 15 is 0 Å². The highest BCUT2D eigenvalue weighted by atomic mass is 32.1. The summed E-state index contributed by atoms with van der Waals surface area (Å²) in [4.78, 5) is 0. The van der Waals surface area contributed by atoms with Gasteiger partial charge in [-0.15, -0.1) is 0 Å². The number of hydrogen-bond donors (Lipinski definition) is 2. The van der Waals surface area contributed by atoms with Gasteiger partial charge in [-0.1, -0.05) is 6.92 Å². The molecule has 0 heterocycles. The van der Waals surface area contributed by atoms with Crippen LogP contribution in [0.1, 0.15) is 20.8 Å². The number of rotatable bonds is 1. The molecular formula is C5H12S2. The third kappa shape index (κ3) is 3.30. The minimum atomic E-state index is 0.0586. The van der Waals surface area contributed by atoms with Gasteiger partial charge in [-0.2, -0.15) is 25.3 Å². The minimum Gasteiger partial charge on any atom is -0.175 e. The topological polar surface area (TPSA) is 0 Å². The van der Waals surface area contributed by atoms with Gasteiger partial charge in [-0.25, -0.2) is 0 Å². The van der Waals surface area contributed by atoms with Crippen molar-refractivity contribution in [2.45, 2.75) is 30.8 Å². The summed E-state index contributed by atoms with van der Waals surface area (Å²) in [6.45, 7) is 6.14. The molecule has 0 nitrogen and oxygen atoms in total. The lowest BCUT2D eigenvalue weighted by Gasteiger charge is -2.20. The molecule has 0 spiro atoms. The Labute approximate surface area is 56.5 Å². The van der Waals surface area contributed by atoms with Crippen molar-refractivity contribution in [2.75, 3.05) is 0 Å². The standard InChI is InChI=1S/C5H12S2/c1-4(6)5(2,3)7/h4,6-7H,1-3H3. The minimum absolute atomic E-state index is 0.0586. The largest absolute Gasteiger partial charge is 0.175 e. The van der Waals surface area contributed by atoms with Crippen LogP contribution in [0.4, 0.5) is 0 Å². The predicted molar refractivity (Wildman–Crippen MR) is 41.5 cm³/mol. The van der Waals surface area contributed by atoms with E-state index in [9.17, 15) is 0 Å². The van der Waals surface area contributed by atoms with Crippen molar-refractivity contribution in [3.63, 3.8) is 0 Å². The van der Waals surface area contributed by atoms with E-state index in [1.165, 1.54) is 0 Å². The van der Waals surface area contributed by atoms with Crippen LogP contribution in [0.25, 0.3) is 0 Å². The Morgan fingerprint density at radius 3 is 1.57 bits per heavy atom. The summed E-state index contributed by atoms with van der Waals surface area (Å²) in [6, 6.07) is 0. The maximum Gasteiger partial charge on any atom is 0.0187 e. The van der Waals surface area contributed by atoms with Gasteiger partial charge in [-0.3, -0.25) is 0 Å². The summed E-state index contributed by atoms with van der Waals surface area (Å²) < 4.78 is 0.0586. The van der Waals surface area contributed by atoms with Gasteiger partial charge in [0.2, 0.25) is 0 Å². The van der Waals surface area contributed by atoms with Crippen LogP contribution in [0.5, 0.6) is 0 Å². The zero-order valence-electron chi connectivity index (χ0n) is 4.97. The normalized spacial score (nSPS) is 16.7. The average molecular weight is 136 g/mol. The van der Waals surface area contributed by atoms with E-state index in [1.807, 2.05) is 20.8 Å². The van der Waals surface area contributed by atoms with Crippen molar-refractivity contribution in [1.29, 1.82) is 0 Å². The fourth-order valence-electron chi connectivity index (χ4n) is 0. The van der Waals surface area contributed by atoms with Crippen LogP contribution in [0.2, 0.25) is 0 Å². The molecule has 0 N–H and O–H groups in total. The summed E-state index contributed by atoms with van der Waals surface area (Å²) in [6.07, 6.45) is 0. The molecular weight excluding hydrogens is 124 g/mol. The maximum absolute atomic E-state index is 4.27. The van der Waals surface area contributed by atoms with E-state index in [1.54, 1.807) is 0 Å². The van der Waals surface area contributed by atoms with Crippen LogP contribution in [-0.4, -0.2) is 10.00 Å². The Morgan fingerprint density at radius 2 is 1.57 bits per heavy atom. The zero-order chi connectivity index (χ0) is 6.08. The molecule has 0 radical (unpaired) electrons. The lowest BCUT2D eigenvalue weighted by Crippen LogP contribution is -2.21. The first kappa shape index (κ1) is 7.70. The first-order valence-corrected chi connectivity index (χ1v) is 3.31.